The molecule has 22 heavy (non-hydrogen) atoms. The molecule has 0 aromatic carbocycles. The second kappa shape index (κ2) is 6.52. The Balaban J connectivity index is 2.10. The summed E-state index contributed by atoms with van der Waals surface area (Å²) in [7, 11) is 0. The molecule has 0 unspecified atom stereocenters. The third-order valence-corrected chi connectivity index (χ3v) is 3.27. The summed E-state index contributed by atoms with van der Waals surface area (Å²) in [4.78, 5) is 24.3. The highest BCUT2D eigenvalue weighted by Gasteiger charge is 2.44. The van der Waals surface area contributed by atoms with Crippen molar-refractivity contribution in [2.24, 2.45) is 0 Å². The van der Waals surface area contributed by atoms with E-state index in [0.717, 1.165) is 0 Å². The Morgan fingerprint density at radius 1 is 1.32 bits per heavy atom. The zero-order valence-electron chi connectivity index (χ0n) is 13.4. The van der Waals surface area contributed by atoms with E-state index in [1.807, 2.05) is 0 Å². The first-order valence-corrected chi connectivity index (χ1v) is 7.53. The summed E-state index contributed by atoms with van der Waals surface area (Å²) >= 11 is 0. The predicted molar refractivity (Wildman–Crippen MR) is 79.9 cm³/mol. The highest BCUT2D eigenvalue weighted by atomic mass is 16.6. The third-order valence-electron chi connectivity index (χ3n) is 3.27. The molecule has 0 saturated carbocycles. The van der Waals surface area contributed by atoms with Gasteiger partial charge in [0, 0.05) is 12.6 Å². The molecule has 2 aliphatic rings. The monoisotopic (exact) mass is 309 g/mol. The predicted octanol–water partition coefficient (Wildman–Crippen LogP) is 1.46. The molecule has 2 heterocycles. The van der Waals surface area contributed by atoms with Crippen molar-refractivity contribution in [1.29, 1.82) is 0 Å². The van der Waals surface area contributed by atoms with Crippen LogP contribution in [0.4, 0.5) is 0 Å². The van der Waals surface area contributed by atoms with Gasteiger partial charge in [-0.1, -0.05) is 0 Å². The van der Waals surface area contributed by atoms with Crippen molar-refractivity contribution in [3.05, 3.63) is 23.9 Å². The van der Waals surface area contributed by atoms with Gasteiger partial charge in [0.1, 0.15) is 0 Å². The lowest BCUT2D eigenvalue weighted by Crippen LogP contribution is -2.52. The summed E-state index contributed by atoms with van der Waals surface area (Å²) < 4.78 is 15.7. The molecule has 0 radical (unpaired) electrons. The molecule has 1 N–H and O–H groups in total. The number of hydrogen-bond donors (Lipinski definition) is 1. The molecule has 6 nitrogen and oxygen atoms in total. The van der Waals surface area contributed by atoms with E-state index in [-0.39, 0.29) is 24.3 Å². The zero-order chi connectivity index (χ0) is 16.3. The van der Waals surface area contributed by atoms with Crippen molar-refractivity contribution in [2.75, 3.05) is 6.61 Å². The lowest BCUT2D eigenvalue weighted by atomic mass is 9.90. The number of dihydropyridines is 1. The zero-order valence-corrected chi connectivity index (χ0v) is 13.4. The molecule has 0 amide bonds. The normalized spacial score (nSPS) is 26.5. The van der Waals surface area contributed by atoms with E-state index in [1.54, 1.807) is 39.8 Å². The third kappa shape index (κ3) is 4.10. The summed E-state index contributed by atoms with van der Waals surface area (Å²) in [6.07, 6.45) is 4.87. The van der Waals surface area contributed by atoms with Crippen molar-refractivity contribution in [3.63, 3.8) is 0 Å². The minimum Gasteiger partial charge on any atom is -0.461 e. The van der Waals surface area contributed by atoms with Crippen LogP contribution < -0.4 is 5.32 Å². The van der Waals surface area contributed by atoms with Crippen LogP contribution in [0, 0.1) is 0 Å². The number of carbonyl (C=O) groups is 2. The van der Waals surface area contributed by atoms with Gasteiger partial charge in [-0.05, 0) is 39.8 Å². The van der Waals surface area contributed by atoms with Crippen LogP contribution in [0.3, 0.4) is 0 Å². The van der Waals surface area contributed by atoms with Crippen LogP contribution in [0.5, 0.6) is 0 Å². The van der Waals surface area contributed by atoms with Gasteiger partial charge in [0.25, 0.3) is 0 Å². The summed E-state index contributed by atoms with van der Waals surface area (Å²) in [5.74, 6) is -0.797. The molecule has 0 aromatic rings. The molecule has 6 heteroatoms. The number of ether oxygens (including phenoxy) is 3. The average molecular weight is 309 g/mol. The lowest BCUT2D eigenvalue weighted by molar-refractivity contribution is -0.153. The van der Waals surface area contributed by atoms with E-state index in [2.05, 4.69) is 5.32 Å². The number of epoxide rings is 1. The van der Waals surface area contributed by atoms with Gasteiger partial charge in [-0.15, -0.1) is 0 Å². The van der Waals surface area contributed by atoms with Crippen LogP contribution in [0.15, 0.2) is 23.9 Å². The Morgan fingerprint density at radius 3 is 2.41 bits per heavy atom. The highest BCUT2D eigenvalue weighted by molar-refractivity contribution is 5.93. The van der Waals surface area contributed by atoms with Gasteiger partial charge in [-0.2, -0.15) is 0 Å². The number of carbonyl (C=O) groups excluding carboxylic acids is 2. The second-order valence-electron chi connectivity index (χ2n) is 6.12. The Morgan fingerprint density at radius 2 is 1.95 bits per heavy atom. The maximum atomic E-state index is 12.4. The van der Waals surface area contributed by atoms with E-state index in [4.69, 9.17) is 14.2 Å². The molecule has 0 spiro atoms. The summed E-state index contributed by atoms with van der Waals surface area (Å²) in [6.45, 7) is 7.80. The first-order valence-electron chi connectivity index (χ1n) is 7.53. The molecular formula is C16H23NO5. The number of hydrogen-bond acceptors (Lipinski definition) is 6. The molecule has 2 rings (SSSR count). The highest BCUT2D eigenvalue weighted by Crippen LogP contribution is 2.28. The van der Waals surface area contributed by atoms with E-state index >= 15 is 0 Å². The van der Waals surface area contributed by atoms with Crippen molar-refractivity contribution in [2.45, 2.75) is 58.0 Å². The van der Waals surface area contributed by atoms with Gasteiger partial charge >= 0.3 is 11.9 Å². The Kier molecular flexibility index (Phi) is 4.90. The average Bonchev–Trinajstić information content (AvgIpc) is 3.21. The van der Waals surface area contributed by atoms with E-state index in [9.17, 15) is 9.59 Å². The van der Waals surface area contributed by atoms with Crippen molar-refractivity contribution in [1.82, 2.24) is 5.32 Å². The van der Waals surface area contributed by atoms with Gasteiger partial charge in [0.2, 0.25) is 0 Å². The first kappa shape index (κ1) is 16.5. The number of esters is 2. The van der Waals surface area contributed by atoms with Gasteiger partial charge in [-0.25, -0.2) is 9.59 Å². The summed E-state index contributed by atoms with van der Waals surface area (Å²) in [5, 5.41) is 3.01. The fourth-order valence-corrected chi connectivity index (χ4v) is 2.15. The maximum absolute atomic E-state index is 12.4. The number of rotatable bonds is 6. The quantitative estimate of drug-likeness (QED) is 0.591. The number of nitrogens with one attached hydrogen (secondary N) is 1. The van der Waals surface area contributed by atoms with Gasteiger partial charge in [0.15, 0.2) is 5.54 Å². The topological polar surface area (TPSA) is 77.2 Å². The summed E-state index contributed by atoms with van der Waals surface area (Å²) in [6, 6.07) is 0. The smallest absolute Gasteiger partial charge is 0.339 e. The Bertz CT molecular complexity index is 505. The van der Waals surface area contributed by atoms with Crippen LogP contribution >= 0.6 is 0 Å². The van der Waals surface area contributed by atoms with Gasteiger partial charge in [0.05, 0.1) is 30.5 Å². The van der Waals surface area contributed by atoms with Crippen molar-refractivity contribution in [3.8, 4) is 0 Å². The molecule has 2 aliphatic heterocycles. The standard InChI is InChI=1S/C16H23NO5/c1-10(2)21-14(18)12-5-6-16(17-8-12,7-13-9-20-13)15(19)22-11(3)4/h5-6,8,10-11,13,17H,7,9H2,1-4H3/t13-,16-/m1/s1. The van der Waals surface area contributed by atoms with Crippen LogP contribution in [0.1, 0.15) is 34.1 Å². The van der Waals surface area contributed by atoms with Gasteiger partial charge < -0.3 is 19.5 Å². The fraction of sp³-hybridized carbons (Fsp3) is 0.625. The van der Waals surface area contributed by atoms with Crippen LogP contribution in [0.25, 0.3) is 0 Å². The molecule has 0 aliphatic carbocycles. The van der Waals surface area contributed by atoms with Crippen LogP contribution in [-0.2, 0) is 23.8 Å². The Hall–Kier alpha value is -1.82. The minimum absolute atomic E-state index is 0.0365. The SMILES string of the molecule is CC(C)OC(=O)C1=CN[C@](C[C@@H]2CO2)(C(=O)OC(C)C)C=C1. The molecular weight excluding hydrogens is 286 g/mol. The van der Waals surface area contributed by atoms with E-state index in [0.29, 0.717) is 18.6 Å². The molecule has 1 saturated heterocycles. The molecule has 2 atom stereocenters. The van der Waals surface area contributed by atoms with E-state index < -0.39 is 11.5 Å². The van der Waals surface area contributed by atoms with Crippen molar-refractivity contribution < 1.29 is 23.8 Å². The van der Waals surface area contributed by atoms with Crippen LogP contribution in [-0.4, -0.2) is 42.4 Å². The van der Waals surface area contributed by atoms with Crippen molar-refractivity contribution >= 4 is 11.9 Å². The maximum Gasteiger partial charge on any atom is 0.339 e. The fourth-order valence-electron chi connectivity index (χ4n) is 2.15. The Labute approximate surface area is 130 Å². The largest absolute Gasteiger partial charge is 0.461 e. The van der Waals surface area contributed by atoms with Gasteiger partial charge in [-0.3, -0.25) is 0 Å². The molecule has 0 bridgehead atoms. The second-order valence-corrected chi connectivity index (χ2v) is 6.12. The minimum atomic E-state index is -0.993. The summed E-state index contributed by atoms with van der Waals surface area (Å²) in [5.41, 5.74) is -0.620. The van der Waals surface area contributed by atoms with Crippen LogP contribution in [0.2, 0.25) is 0 Å². The lowest BCUT2D eigenvalue weighted by Gasteiger charge is -2.31. The first-order chi connectivity index (χ1) is 10.3. The molecule has 1 fully saturated rings. The molecule has 122 valence electrons. The van der Waals surface area contributed by atoms with E-state index in [1.165, 1.54) is 6.20 Å². The molecule has 0 aromatic heterocycles.